The molecule has 2 amide bonds. The van der Waals surface area contributed by atoms with E-state index < -0.39 is 0 Å². The molecule has 8 heteroatoms. The van der Waals surface area contributed by atoms with Gasteiger partial charge in [0.25, 0.3) is 11.8 Å². The molecule has 8 nitrogen and oxygen atoms in total. The van der Waals surface area contributed by atoms with Crippen molar-refractivity contribution in [3.63, 3.8) is 0 Å². The first-order chi connectivity index (χ1) is 17.4. The van der Waals surface area contributed by atoms with Crippen LogP contribution in [0.2, 0.25) is 0 Å². The van der Waals surface area contributed by atoms with Crippen molar-refractivity contribution in [3.05, 3.63) is 94.5 Å². The van der Waals surface area contributed by atoms with Gasteiger partial charge in [-0.15, -0.1) is 0 Å². The average molecular weight is 483 g/mol. The summed E-state index contributed by atoms with van der Waals surface area (Å²) in [5.74, 6) is -0.0362. The van der Waals surface area contributed by atoms with Crippen molar-refractivity contribution >= 4 is 17.5 Å². The lowest BCUT2D eigenvalue weighted by Crippen LogP contribution is -2.39. The quantitative estimate of drug-likeness (QED) is 0.464. The minimum atomic E-state index is -0.142. The minimum Gasteiger partial charge on any atom is -0.348 e. The van der Waals surface area contributed by atoms with Gasteiger partial charge in [-0.25, -0.2) is 4.98 Å². The zero-order valence-electron chi connectivity index (χ0n) is 20.9. The number of carbonyl (C=O) groups excluding carboxylic acids is 2. The highest BCUT2D eigenvalue weighted by Crippen LogP contribution is 2.30. The Morgan fingerprint density at radius 1 is 1.03 bits per heavy atom. The van der Waals surface area contributed by atoms with Crippen LogP contribution in [0, 0.1) is 20.8 Å². The number of imidazole rings is 1. The highest BCUT2D eigenvalue weighted by molar-refractivity contribution is 5.96. The van der Waals surface area contributed by atoms with Crippen molar-refractivity contribution < 1.29 is 9.59 Å². The molecule has 0 aliphatic carbocycles. The summed E-state index contributed by atoms with van der Waals surface area (Å²) < 4.78 is 1.89. The van der Waals surface area contributed by atoms with Crippen LogP contribution < -0.4 is 5.32 Å². The van der Waals surface area contributed by atoms with E-state index >= 15 is 0 Å². The summed E-state index contributed by atoms with van der Waals surface area (Å²) in [4.78, 5) is 41.9. The van der Waals surface area contributed by atoms with Crippen LogP contribution in [0.1, 0.15) is 67.8 Å². The summed E-state index contributed by atoms with van der Waals surface area (Å²) in [6, 6.07) is 11.5. The molecule has 4 aromatic heterocycles. The number of pyridine rings is 3. The lowest BCUT2D eigenvalue weighted by Gasteiger charge is -2.32. The summed E-state index contributed by atoms with van der Waals surface area (Å²) in [5, 5.41) is 2.99. The van der Waals surface area contributed by atoms with Gasteiger partial charge in [-0.2, -0.15) is 0 Å². The average Bonchev–Trinajstić information content (AvgIpc) is 3.24. The van der Waals surface area contributed by atoms with Crippen LogP contribution in [-0.4, -0.2) is 49.2 Å². The number of piperidine rings is 1. The molecule has 36 heavy (non-hydrogen) atoms. The zero-order valence-corrected chi connectivity index (χ0v) is 20.9. The lowest BCUT2D eigenvalue weighted by molar-refractivity contribution is 0.0702. The van der Waals surface area contributed by atoms with Crippen LogP contribution >= 0.6 is 0 Å². The number of rotatable bonds is 5. The molecule has 5 heterocycles. The largest absolute Gasteiger partial charge is 0.348 e. The SMILES string of the molecule is Cc1ccc(C(=O)NCc2cccnc2)c(C2CCN(C(=O)c3c(C)nc4c(C)cccn34)CC2)n1. The molecule has 0 spiro atoms. The standard InChI is InChI=1S/C28H30N6O2/c1-18-6-5-13-34-25(20(3)32-26(18)34)28(36)33-14-10-22(11-15-33)24-23(9-8-19(2)31-24)27(35)30-17-21-7-4-12-29-16-21/h4-9,12-13,16,22H,10-11,14-15,17H2,1-3H3,(H,30,35). The molecule has 0 aromatic carbocycles. The number of hydrogen-bond acceptors (Lipinski definition) is 5. The van der Waals surface area contributed by atoms with Gasteiger partial charge < -0.3 is 10.2 Å². The first kappa shape index (κ1) is 23.7. The van der Waals surface area contributed by atoms with E-state index in [-0.39, 0.29) is 17.7 Å². The molecule has 0 radical (unpaired) electrons. The fourth-order valence-electron chi connectivity index (χ4n) is 4.94. The van der Waals surface area contributed by atoms with Crippen molar-refractivity contribution in [3.8, 4) is 0 Å². The molecule has 1 aliphatic heterocycles. The Labute approximate surface area is 210 Å². The predicted molar refractivity (Wildman–Crippen MR) is 137 cm³/mol. The first-order valence-electron chi connectivity index (χ1n) is 12.3. The van der Waals surface area contributed by atoms with E-state index in [2.05, 4.69) is 15.3 Å². The van der Waals surface area contributed by atoms with E-state index in [4.69, 9.17) is 4.98 Å². The number of aromatic nitrogens is 4. The lowest BCUT2D eigenvalue weighted by atomic mass is 9.89. The van der Waals surface area contributed by atoms with Gasteiger partial charge in [0.2, 0.25) is 0 Å². The smallest absolute Gasteiger partial charge is 0.272 e. The molecule has 4 aromatic rings. The van der Waals surface area contributed by atoms with E-state index in [0.29, 0.717) is 30.9 Å². The molecule has 5 rings (SSSR count). The van der Waals surface area contributed by atoms with E-state index in [9.17, 15) is 9.59 Å². The number of hydrogen-bond donors (Lipinski definition) is 1. The fraction of sp³-hybridized carbons (Fsp3) is 0.321. The van der Waals surface area contributed by atoms with Gasteiger partial charge in [0.05, 0.1) is 17.0 Å². The van der Waals surface area contributed by atoms with E-state index in [1.807, 2.05) is 72.7 Å². The third-order valence-electron chi connectivity index (χ3n) is 6.88. The topological polar surface area (TPSA) is 92.5 Å². The molecule has 0 atom stereocenters. The highest BCUT2D eigenvalue weighted by Gasteiger charge is 2.30. The second-order valence-corrected chi connectivity index (χ2v) is 9.43. The molecule has 1 fully saturated rings. The Bertz CT molecular complexity index is 1420. The molecule has 1 aliphatic rings. The summed E-state index contributed by atoms with van der Waals surface area (Å²) in [6.07, 6.45) is 6.85. The Hall–Kier alpha value is -4.07. The number of aryl methyl sites for hydroxylation is 3. The molecule has 0 saturated carbocycles. The molecule has 1 N–H and O–H groups in total. The number of nitrogens with zero attached hydrogens (tertiary/aromatic N) is 5. The Morgan fingerprint density at radius 2 is 1.83 bits per heavy atom. The van der Waals surface area contributed by atoms with Crippen molar-refractivity contribution in [2.75, 3.05) is 13.1 Å². The number of likely N-dealkylation sites (tertiary alicyclic amines) is 1. The number of nitrogens with one attached hydrogen (secondary N) is 1. The van der Waals surface area contributed by atoms with Crippen LogP contribution in [-0.2, 0) is 6.54 Å². The maximum atomic E-state index is 13.5. The Balaban J connectivity index is 1.31. The fourth-order valence-corrected chi connectivity index (χ4v) is 4.94. The third-order valence-corrected chi connectivity index (χ3v) is 6.88. The molecule has 0 unspecified atom stereocenters. The third kappa shape index (κ3) is 4.58. The van der Waals surface area contributed by atoms with Crippen LogP contribution in [0.3, 0.4) is 0 Å². The van der Waals surface area contributed by atoms with Gasteiger partial charge in [-0.3, -0.25) is 24.0 Å². The molecule has 1 saturated heterocycles. The maximum Gasteiger partial charge on any atom is 0.272 e. The minimum absolute atomic E-state index is 0.00399. The first-order valence-corrected chi connectivity index (χ1v) is 12.3. The van der Waals surface area contributed by atoms with Crippen LogP contribution in [0.4, 0.5) is 0 Å². The highest BCUT2D eigenvalue weighted by atomic mass is 16.2. The van der Waals surface area contributed by atoms with Crippen LogP contribution in [0.15, 0.2) is 55.0 Å². The van der Waals surface area contributed by atoms with E-state index in [1.165, 1.54) is 0 Å². The summed E-state index contributed by atoms with van der Waals surface area (Å²) in [5.41, 5.74) is 6.45. The van der Waals surface area contributed by atoms with Crippen LogP contribution in [0.5, 0.6) is 0 Å². The van der Waals surface area contributed by atoms with Gasteiger partial charge in [-0.1, -0.05) is 12.1 Å². The van der Waals surface area contributed by atoms with Crippen molar-refractivity contribution in [2.45, 2.75) is 46.1 Å². The number of amides is 2. The maximum absolute atomic E-state index is 13.5. The summed E-state index contributed by atoms with van der Waals surface area (Å²) in [7, 11) is 0. The zero-order chi connectivity index (χ0) is 25.2. The molecular weight excluding hydrogens is 452 g/mol. The van der Waals surface area contributed by atoms with Crippen LogP contribution in [0.25, 0.3) is 5.65 Å². The van der Waals surface area contributed by atoms with Crippen molar-refractivity contribution in [2.24, 2.45) is 0 Å². The van der Waals surface area contributed by atoms with Gasteiger partial charge in [-0.05, 0) is 69.0 Å². The monoisotopic (exact) mass is 482 g/mol. The van der Waals surface area contributed by atoms with E-state index in [1.54, 1.807) is 12.4 Å². The van der Waals surface area contributed by atoms with Gasteiger partial charge in [0, 0.05) is 49.8 Å². The Morgan fingerprint density at radius 3 is 2.58 bits per heavy atom. The Kier molecular flexibility index (Phi) is 6.50. The molecule has 0 bridgehead atoms. The number of carbonyl (C=O) groups is 2. The summed E-state index contributed by atoms with van der Waals surface area (Å²) in [6.45, 7) is 7.45. The van der Waals surface area contributed by atoms with Crippen molar-refractivity contribution in [1.29, 1.82) is 0 Å². The normalized spacial score (nSPS) is 14.2. The summed E-state index contributed by atoms with van der Waals surface area (Å²) >= 11 is 0. The predicted octanol–water partition coefficient (Wildman–Crippen LogP) is 4.00. The van der Waals surface area contributed by atoms with Gasteiger partial charge in [0.1, 0.15) is 11.3 Å². The number of fused-ring (bicyclic) bond motifs is 1. The van der Waals surface area contributed by atoms with Gasteiger partial charge >= 0.3 is 0 Å². The van der Waals surface area contributed by atoms with Gasteiger partial charge in [0.15, 0.2) is 0 Å². The molecule has 184 valence electrons. The second-order valence-electron chi connectivity index (χ2n) is 9.43. The second kappa shape index (κ2) is 9.89. The molecular formula is C28H30N6O2. The van der Waals surface area contributed by atoms with Crippen molar-refractivity contribution in [1.82, 2.24) is 29.6 Å². The van der Waals surface area contributed by atoms with E-state index in [0.717, 1.165) is 46.7 Å².